The molecule has 1 N–H and O–H groups in total. The summed E-state index contributed by atoms with van der Waals surface area (Å²) in [6.45, 7) is 5.66. The monoisotopic (exact) mass is 286 g/mol. The van der Waals surface area contributed by atoms with Gasteiger partial charge >= 0.3 is 6.09 Å². The van der Waals surface area contributed by atoms with Crippen LogP contribution >= 0.6 is 11.6 Å². The van der Waals surface area contributed by atoms with Gasteiger partial charge in [-0.3, -0.25) is 0 Å². The smallest absolute Gasteiger partial charge is 0.410 e. The van der Waals surface area contributed by atoms with Crippen molar-refractivity contribution in [2.24, 2.45) is 0 Å². The van der Waals surface area contributed by atoms with Crippen LogP contribution in [-0.4, -0.2) is 39.8 Å². The number of aromatic nitrogens is 1. The van der Waals surface area contributed by atoms with E-state index < -0.39 is 11.7 Å². The quantitative estimate of drug-likeness (QED) is 0.864. The SMILES string of the molecule is CC(C)(C)OC(=O)N(CCO)Cc1cccnc1Cl. The molecule has 1 rings (SSSR count). The van der Waals surface area contributed by atoms with Crippen molar-refractivity contribution in [1.82, 2.24) is 9.88 Å². The summed E-state index contributed by atoms with van der Waals surface area (Å²) in [5, 5.41) is 9.37. The Morgan fingerprint density at radius 2 is 2.21 bits per heavy atom. The second kappa shape index (κ2) is 6.73. The van der Waals surface area contributed by atoms with Gasteiger partial charge in [0.15, 0.2) is 0 Å². The van der Waals surface area contributed by atoms with Crippen molar-refractivity contribution in [1.29, 1.82) is 0 Å². The summed E-state index contributed by atoms with van der Waals surface area (Å²) in [6.07, 6.45) is 1.09. The van der Waals surface area contributed by atoms with Crippen molar-refractivity contribution in [3.05, 3.63) is 29.0 Å². The van der Waals surface area contributed by atoms with Gasteiger partial charge in [0.05, 0.1) is 13.2 Å². The fourth-order valence-electron chi connectivity index (χ4n) is 1.42. The molecule has 5 nitrogen and oxygen atoms in total. The number of hydrogen-bond donors (Lipinski definition) is 1. The number of aliphatic hydroxyl groups excluding tert-OH is 1. The molecule has 19 heavy (non-hydrogen) atoms. The molecule has 0 aliphatic carbocycles. The third-order valence-electron chi connectivity index (χ3n) is 2.22. The van der Waals surface area contributed by atoms with E-state index in [1.165, 1.54) is 4.90 Å². The molecule has 0 fully saturated rings. The van der Waals surface area contributed by atoms with Crippen LogP contribution in [0, 0.1) is 0 Å². The van der Waals surface area contributed by atoms with Crippen molar-refractivity contribution in [3.8, 4) is 0 Å². The maximum absolute atomic E-state index is 12.0. The molecule has 0 radical (unpaired) electrons. The first kappa shape index (κ1) is 15.7. The zero-order valence-corrected chi connectivity index (χ0v) is 12.1. The fraction of sp³-hybridized carbons (Fsp3) is 0.538. The lowest BCUT2D eigenvalue weighted by atomic mass is 10.2. The van der Waals surface area contributed by atoms with Gasteiger partial charge in [0, 0.05) is 18.3 Å². The summed E-state index contributed by atoms with van der Waals surface area (Å²) in [5.41, 5.74) is 0.132. The molecule has 0 aliphatic heterocycles. The third kappa shape index (κ3) is 5.44. The van der Waals surface area contributed by atoms with Gasteiger partial charge in [0.1, 0.15) is 10.8 Å². The molecule has 0 spiro atoms. The van der Waals surface area contributed by atoms with Crippen molar-refractivity contribution in [2.45, 2.75) is 32.9 Å². The highest BCUT2D eigenvalue weighted by Gasteiger charge is 2.22. The van der Waals surface area contributed by atoms with Crippen LogP contribution in [0.5, 0.6) is 0 Å². The first-order chi connectivity index (χ1) is 8.83. The summed E-state index contributed by atoms with van der Waals surface area (Å²) in [4.78, 5) is 17.3. The van der Waals surface area contributed by atoms with Crippen LogP contribution in [0.15, 0.2) is 18.3 Å². The molecule has 106 valence electrons. The maximum Gasteiger partial charge on any atom is 0.410 e. The summed E-state index contributed by atoms with van der Waals surface area (Å²) in [5.74, 6) is 0. The van der Waals surface area contributed by atoms with Crippen LogP contribution in [0.4, 0.5) is 4.79 Å². The van der Waals surface area contributed by atoms with Gasteiger partial charge in [-0.15, -0.1) is 0 Å². The molecule has 1 aromatic heterocycles. The maximum atomic E-state index is 12.0. The molecule has 0 saturated carbocycles. The van der Waals surface area contributed by atoms with Crippen LogP contribution in [-0.2, 0) is 11.3 Å². The normalized spacial score (nSPS) is 11.2. The van der Waals surface area contributed by atoms with Gasteiger partial charge in [-0.2, -0.15) is 0 Å². The average Bonchev–Trinajstić information content (AvgIpc) is 2.29. The van der Waals surface area contributed by atoms with Gasteiger partial charge in [-0.25, -0.2) is 9.78 Å². The Kier molecular flexibility index (Phi) is 5.57. The van der Waals surface area contributed by atoms with E-state index in [9.17, 15) is 4.79 Å². The van der Waals surface area contributed by atoms with Crippen LogP contribution in [0.2, 0.25) is 5.15 Å². The Morgan fingerprint density at radius 3 is 2.74 bits per heavy atom. The number of nitrogens with zero attached hydrogens (tertiary/aromatic N) is 2. The molecule has 0 aliphatic rings. The number of hydrogen-bond acceptors (Lipinski definition) is 4. The third-order valence-corrected chi connectivity index (χ3v) is 2.56. The standard InChI is InChI=1S/C13H19ClN2O3/c1-13(2,3)19-12(18)16(7-8-17)9-10-5-4-6-15-11(10)14/h4-6,17H,7-9H2,1-3H3. The van der Waals surface area contributed by atoms with Gasteiger partial charge in [0.2, 0.25) is 0 Å². The fourth-order valence-corrected chi connectivity index (χ4v) is 1.60. The van der Waals surface area contributed by atoms with E-state index in [1.54, 1.807) is 39.1 Å². The number of aliphatic hydroxyl groups is 1. The van der Waals surface area contributed by atoms with Crippen LogP contribution in [0.1, 0.15) is 26.3 Å². The summed E-state index contributed by atoms with van der Waals surface area (Å²) >= 11 is 5.95. The summed E-state index contributed by atoms with van der Waals surface area (Å²) < 4.78 is 5.28. The zero-order chi connectivity index (χ0) is 14.5. The van der Waals surface area contributed by atoms with E-state index in [-0.39, 0.29) is 19.7 Å². The molecule has 1 heterocycles. The predicted octanol–water partition coefficient (Wildman–Crippen LogP) is 2.46. The number of pyridine rings is 1. The molecular formula is C13H19ClN2O3. The second-order valence-corrected chi connectivity index (χ2v) is 5.44. The minimum Gasteiger partial charge on any atom is -0.444 e. The highest BCUT2D eigenvalue weighted by atomic mass is 35.5. The van der Waals surface area contributed by atoms with Crippen molar-refractivity contribution < 1.29 is 14.6 Å². The zero-order valence-electron chi connectivity index (χ0n) is 11.4. The largest absolute Gasteiger partial charge is 0.444 e. The van der Waals surface area contributed by atoms with Crippen molar-refractivity contribution in [3.63, 3.8) is 0 Å². The molecular weight excluding hydrogens is 268 g/mol. The van der Waals surface area contributed by atoms with Crippen LogP contribution in [0.25, 0.3) is 0 Å². The Balaban J connectivity index is 2.78. The Bertz CT molecular complexity index is 432. The highest BCUT2D eigenvalue weighted by Crippen LogP contribution is 2.16. The van der Waals surface area contributed by atoms with Crippen molar-refractivity contribution in [2.75, 3.05) is 13.2 Å². The number of ether oxygens (including phenoxy) is 1. The van der Waals surface area contributed by atoms with Gasteiger partial charge in [-0.1, -0.05) is 17.7 Å². The molecule has 0 saturated heterocycles. The number of carbonyl (C=O) groups is 1. The number of rotatable bonds is 4. The van der Waals surface area contributed by atoms with E-state index in [2.05, 4.69) is 4.98 Å². The Labute approximate surface area is 118 Å². The van der Waals surface area contributed by atoms with E-state index >= 15 is 0 Å². The molecule has 0 aromatic carbocycles. The minimum absolute atomic E-state index is 0.142. The molecule has 0 unspecified atom stereocenters. The Morgan fingerprint density at radius 1 is 1.53 bits per heavy atom. The molecule has 1 amide bonds. The van der Waals surface area contributed by atoms with E-state index in [0.717, 1.165) is 0 Å². The lowest BCUT2D eigenvalue weighted by Crippen LogP contribution is -2.38. The molecule has 6 heteroatoms. The van der Waals surface area contributed by atoms with Gasteiger partial charge in [0.25, 0.3) is 0 Å². The first-order valence-electron chi connectivity index (χ1n) is 6.01. The minimum atomic E-state index is -0.580. The second-order valence-electron chi connectivity index (χ2n) is 5.08. The van der Waals surface area contributed by atoms with E-state index in [0.29, 0.717) is 10.7 Å². The Hall–Kier alpha value is -1.33. The number of carbonyl (C=O) groups excluding carboxylic acids is 1. The lowest BCUT2D eigenvalue weighted by Gasteiger charge is -2.27. The number of amides is 1. The van der Waals surface area contributed by atoms with Crippen LogP contribution in [0.3, 0.4) is 0 Å². The molecule has 0 atom stereocenters. The van der Waals surface area contributed by atoms with Gasteiger partial charge < -0.3 is 14.7 Å². The average molecular weight is 287 g/mol. The topological polar surface area (TPSA) is 62.7 Å². The lowest BCUT2D eigenvalue weighted by molar-refractivity contribution is 0.0201. The predicted molar refractivity (Wildman–Crippen MR) is 73.0 cm³/mol. The highest BCUT2D eigenvalue weighted by molar-refractivity contribution is 6.30. The summed E-state index contributed by atoms with van der Waals surface area (Å²) in [6, 6.07) is 3.53. The van der Waals surface area contributed by atoms with Crippen LogP contribution < -0.4 is 0 Å². The first-order valence-corrected chi connectivity index (χ1v) is 6.39. The molecule has 1 aromatic rings. The number of halogens is 1. The van der Waals surface area contributed by atoms with E-state index in [4.69, 9.17) is 21.4 Å². The van der Waals surface area contributed by atoms with Crippen molar-refractivity contribution >= 4 is 17.7 Å². The summed E-state index contributed by atoms with van der Waals surface area (Å²) in [7, 11) is 0. The molecule has 0 bridgehead atoms. The van der Waals surface area contributed by atoms with E-state index in [1.807, 2.05) is 0 Å². The van der Waals surface area contributed by atoms with Gasteiger partial charge in [-0.05, 0) is 26.8 Å².